The second kappa shape index (κ2) is 9.22. The molecule has 1 aromatic rings. The maximum absolute atomic E-state index is 6.13. The summed E-state index contributed by atoms with van der Waals surface area (Å²) in [7, 11) is 0. The number of nitrogens with zero attached hydrogens (tertiary/aromatic N) is 2. The third-order valence-electron chi connectivity index (χ3n) is 3.94. The lowest BCUT2D eigenvalue weighted by atomic mass is 10.0. The number of aliphatic imine (C=N–C) groups is 1. The van der Waals surface area contributed by atoms with Crippen molar-refractivity contribution in [3.8, 4) is 5.75 Å². The Balaban J connectivity index is 0.00000242. The van der Waals surface area contributed by atoms with Crippen LogP contribution in [-0.2, 0) is 6.54 Å². The Hall–Kier alpha value is -0.980. The summed E-state index contributed by atoms with van der Waals surface area (Å²) in [6.45, 7) is 9.71. The zero-order valence-electron chi connectivity index (χ0n) is 13.8. The number of likely N-dealkylation sites (tertiary alicyclic amines) is 1. The normalized spacial score (nSPS) is 18.8. The summed E-state index contributed by atoms with van der Waals surface area (Å²) >= 11 is 0. The van der Waals surface area contributed by atoms with Gasteiger partial charge in [0.05, 0.1) is 13.2 Å². The Morgan fingerprint density at radius 2 is 2.23 bits per heavy atom. The fraction of sp³-hybridized carbons (Fsp3) is 0.588. The third-order valence-corrected chi connectivity index (χ3v) is 3.94. The maximum atomic E-state index is 6.13. The highest BCUT2D eigenvalue weighted by atomic mass is 127. The number of rotatable bonds is 4. The first-order chi connectivity index (χ1) is 10.1. The number of guanidine groups is 1. The van der Waals surface area contributed by atoms with Crippen molar-refractivity contribution in [2.45, 2.75) is 40.2 Å². The molecule has 1 aliphatic heterocycles. The molecule has 1 fully saturated rings. The van der Waals surface area contributed by atoms with Crippen LogP contribution in [0.25, 0.3) is 0 Å². The lowest BCUT2D eigenvalue weighted by Crippen LogP contribution is -2.43. The molecule has 0 spiro atoms. The summed E-state index contributed by atoms with van der Waals surface area (Å²) in [4.78, 5) is 6.75. The van der Waals surface area contributed by atoms with Crippen molar-refractivity contribution in [2.24, 2.45) is 16.6 Å². The van der Waals surface area contributed by atoms with E-state index in [1.165, 1.54) is 18.4 Å². The largest absolute Gasteiger partial charge is 0.494 e. The van der Waals surface area contributed by atoms with Gasteiger partial charge in [0, 0.05) is 13.1 Å². The van der Waals surface area contributed by atoms with Gasteiger partial charge in [-0.25, -0.2) is 4.99 Å². The average Bonchev–Trinajstić information content (AvgIpc) is 2.47. The van der Waals surface area contributed by atoms with Gasteiger partial charge in [-0.1, -0.05) is 19.1 Å². The highest BCUT2D eigenvalue weighted by Crippen LogP contribution is 2.20. The Morgan fingerprint density at radius 3 is 2.86 bits per heavy atom. The molecule has 0 saturated carbocycles. The molecule has 1 aromatic carbocycles. The molecule has 1 heterocycles. The Kier molecular flexibility index (Phi) is 8.00. The molecular formula is C17H28IN3O. The Morgan fingerprint density at radius 1 is 1.45 bits per heavy atom. The second-order valence-corrected chi connectivity index (χ2v) is 5.90. The number of hydrogen-bond donors (Lipinski definition) is 1. The van der Waals surface area contributed by atoms with Crippen molar-refractivity contribution in [2.75, 3.05) is 19.7 Å². The van der Waals surface area contributed by atoms with Crippen LogP contribution in [0.15, 0.2) is 23.2 Å². The van der Waals surface area contributed by atoms with Crippen LogP contribution in [0.4, 0.5) is 0 Å². The van der Waals surface area contributed by atoms with Crippen molar-refractivity contribution < 1.29 is 4.74 Å². The van der Waals surface area contributed by atoms with Crippen LogP contribution in [0.3, 0.4) is 0 Å². The van der Waals surface area contributed by atoms with Crippen LogP contribution in [-0.4, -0.2) is 30.6 Å². The Labute approximate surface area is 151 Å². The molecule has 1 aliphatic rings. The molecule has 2 rings (SSSR count). The molecule has 4 nitrogen and oxygen atoms in total. The standard InChI is InChI=1S/C17H27N3O.HI/c1-4-21-16-8-7-15(10-14(16)3)11-19-17(18)20-9-5-6-13(2)12-20;/h7-8,10,13H,4-6,9,11-12H2,1-3H3,(H2,18,19);1H. The number of nitrogens with two attached hydrogens (primary N) is 1. The topological polar surface area (TPSA) is 50.9 Å². The molecule has 22 heavy (non-hydrogen) atoms. The number of aryl methyl sites for hydroxylation is 1. The summed E-state index contributed by atoms with van der Waals surface area (Å²) in [5, 5.41) is 0. The summed E-state index contributed by atoms with van der Waals surface area (Å²) < 4.78 is 5.56. The van der Waals surface area contributed by atoms with Gasteiger partial charge in [-0.15, -0.1) is 24.0 Å². The number of halogens is 1. The molecule has 0 aliphatic carbocycles. The van der Waals surface area contributed by atoms with Gasteiger partial charge in [0.15, 0.2) is 5.96 Å². The molecule has 0 amide bonds. The molecule has 2 N–H and O–H groups in total. The molecule has 5 heteroatoms. The fourth-order valence-corrected chi connectivity index (χ4v) is 2.80. The molecule has 1 saturated heterocycles. The summed E-state index contributed by atoms with van der Waals surface area (Å²) in [5.74, 6) is 2.33. The van der Waals surface area contributed by atoms with Crippen molar-refractivity contribution in [3.63, 3.8) is 0 Å². The maximum Gasteiger partial charge on any atom is 0.191 e. The minimum Gasteiger partial charge on any atom is -0.494 e. The molecule has 1 atom stereocenters. The smallest absolute Gasteiger partial charge is 0.191 e. The molecule has 124 valence electrons. The number of piperidine rings is 1. The van der Waals surface area contributed by atoms with Gasteiger partial charge in [-0.05, 0) is 49.8 Å². The lowest BCUT2D eigenvalue weighted by Gasteiger charge is -2.31. The zero-order valence-corrected chi connectivity index (χ0v) is 16.2. The average molecular weight is 417 g/mol. The predicted molar refractivity (Wildman–Crippen MR) is 103 cm³/mol. The molecular weight excluding hydrogens is 389 g/mol. The van der Waals surface area contributed by atoms with E-state index in [-0.39, 0.29) is 24.0 Å². The molecule has 0 aromatic heterocycles. The number of benzene rings is 1. The van der Waals surface area contributed by atoms with Gasteiger partial charge in [0.2, 0.25) is 0 Å². The van der Waals surface area contributed by atoms with E-state index in [1.54, 1.807) is 0 Å². The van der Waals surface area contributed by atoms with E-state index in [1.807, 2.05) is 13.0 Å². The van der Waals surface area contributed by atoms with Gasteiger partial charge in [0.1, 0.15) is 5.75 Å². The van der Waals surface area contributed by atoms with Gasteiger partial charge in [-0.3, -0.25) is 0 Å². The van der Waals surface area contributed by atoms with Crippen LogP contribution < -0.4 is 10.5 Å². The highest BCUT2D eigenvalue weighted by Gasteiger charge is 2.17. The van der Waals surface area contributed by atoms with Crippen LogP contribution in [0, 0.1) is 12.8 Å². The summed E-state index contributed by atoms with van der Waals surface area (Å²) in [6.07, 6.45) is 2.50. The predicted octanol–water partition coefficient (Wildman–Crippen LogP) is 3.56. The van der Waals surface area contributed by atoms with Gasteiger partial charge >= 0.3 is 0 Å². The van der Waals surface area contributed by atoms with Gasteiger partial charge in [-0.2, -0.15) is 0 Å². The number of ether oxygens (including phenoxy) is 1. The zero-order chi connectivity index (χ0) is 15.2. The van der Waals surface area contributed by atoms with Crippen LogP contribution >= 0.6 is 24.0 Å². The minimum absolute atomic E-state index is 0. The van der Waals surface area contributed by atoms with Crippen molar-refractivity contribution in [1.29, 1.82) is 0 Å². The number of hydrogen-bond acceptors (Lipinski definition) is 2. The third kappa shape index (κ3) is 5.34. The minimum atomic E-state index is 0. The SMILES string of the molecule is CCOc1ccc(CN=C(N)N2CCCC(C)C2)cc1C.I. The van der Waals surface area contributed by atoms with E-state index in [9.17, 15) is 0 Å². The van der Waals surface area contributed by atoms with Gasteiger partial charge in [0.25, 0.3) is 0 Å². The van der Waals surface area contributed by atoms with Crippen LogP contribution in [0.1, 0.15) is 37.8 Å². The lowest BCUT2D eigenvalue weighted by molar-refractivity contribution is 0.270. The fourth-order valence-electron chi connectivity index (χ4n) is 2.80. The first-order valence-electron chi connectivity index (χ1n) is 7.87. The van der Waals surface area contributed by atoms with E-state index in [4.69, 9.17) is 10.5 Å². The summed E-state index contributed by atoms with van der Waals surface area (Å²) in [6, 6.07) is 6.21. The van der Waals surface area contributed by atoms with Crippen LogP contribution in [0.5, 0.6) is 5.75 Å². The Bertz CT molecular complexity index is 505. The van der Waals surface area contributed by atoms with E-state index < -0.39 is 0 Å². The molecule has 1 unspecified atom stereocenters. The second-order valence-electron chi connectivity index (χ2n) is 5.90. The first kappa shape index (κ1) is 19.1. The van der Waals surface area contributed by atoms with Gasteiger partial charge < -0.3 is 15.4 Å². The van der Waals surface area contributed by atoms with Crippen molar-refractivity contribution >= 4 is 29.9 Å². The molecule has 0 bridgehead atoms. The van der Waals surface area contributed by atoms with Crippen molar-refractivity contribution in [3.05, 3.63) is 29.3 Å². The van der Waals surface area contributed by atoms with Crippen molar-refractivity contribution in [1.82, 2.24) is 4.90 Å². The first-order valence-corrected chi connectivity index (χ1v) is 7.87. The monoisotopic (exact) mass is 417 g/mol. The van der Waals surface area contributed by atoms with E-state index in [2.05, 4.69) is 35.9 Å². The summed E-state index contributed by atoms with van der Waals surface area (Å²) in [5.41, 5.74) is 8.44. The quantitative estimate of drug-likeness (QED) is 0.463. The molecule has 0 radical (unpaired) electrons. The van der Waals surface area contributed by atoms with E-state index >= 15 is 0 Å². The highest BCUT2D eigenvalue weighted by molar-refractivity contribution is 14.0. The van der Waals surface area contributed by atoms with E-state index in [0.29, 0.717) is 25.0 Å². The van der Waals surface area contributed by atoms with Crippen LogP contribution in [0.2, 0.25) is 0 Å². The van der Waals surface area contributed by atoms with E-state index in [0.717, 1.165) is 24.4 Å².